The summed E-state index contributed by atoms with van der Waals surface area (Å²) in [5.74, 6) is 0.137. The molecule has 1 N–H and O–H groups in total. The first-order valence-corrected chi connectivity index (χ1v) is 7.26. The zero-order valence-electron chi connectivity index (χ0n) is 14.0. The van der Waals surface area contributed by atoms with Crippen LogP contribution < -0.4 is 14.9 Å². The van der Waals surface area contributed by atoms with E-state index in [0.717, 1.165) is 5.56 Å². The van der Waals surface area contributed by atoms with Gasteiger partial charge in [-0.25, -0.2) is 5.43 Å². The van der Waals surface area contributed by atoms with E-state index in [9.17, 15) is 14.9 Å². The molecular formula is C17H17N3O5. The second-order valence-corrected chi connectivity index (χ2v) is 5.09. The van der Waals surface area contributed by atoms with Crippen LogP contribution in [0.15, 0.2) is 41.5 Å². The van der Waals surface area contributed by atoms with Gasteiger partial charge in [-0.3, -0.25) is 14.9 Å². The van der Waals surface area contributed by atoms with Crippen molar-refractivity contribution in [2.45, 2.75) is 6.92 Å². The molecule has 0 unspecified atom stereocenters. The van der Waals surface area contributed by atoms with E-state index in [2.05, 4.69) is 10.5 Å². The lowest BCUT2D eigenvalue weighted by molar-refractivity contribution is -0.385. The summed E-state index contributed by atoms with van der Waals surface area (Å²) in [6.07, 6.45) is 1.19. The summed E-state index contributed by atoms with van der Waals surface area (Å²) < 4.78 is 10.2. The molecule has 8 nitrogen and oxygen atoms in total. The lowest BCUT2D eigenvalue weighted by atomic mass is 10.1. The number of methoxy groups -OCH3 is 2. The number of carbonyl (C=O) groups excluding carboxylic acids is 1. The third kappa shape index (κ3) is 4.31. The molecule has 0 bridgehead atoms. The van der Waals surface area contributed by atoms with Gasteiger partial charge in [0.15, 0.2) is 11.5 Å². The Morgan fingerprint density at radius 2 is 1.88 bits per heavy atom. The van der Waals surface area contributed by atoms with Crippen LogP contribution in [0.4, 0.5) is 5.69 Å². The Balaban J connectivity index is 2.25. The zero-order valence-corrected chi connectivity index (χ0v) is 14.0. The number of ether oxygens (including phenoxy) is 2. The number of hydrazone groups is 1. The van der Waals surface area contributed by atoms with Crippen molar-refractivity contribution in [3.05, 3.63) is 63.2 Å². The Kier molecular flexibility index (Phi) is 5.67. The second kappa shape index (κ2) is 7.91. The van der Waals surface area contributed by atoms with Crippen molar-refractivity contribution in [1.82, 2.24) is 5.43 Å². The van der Waals surface area contributed by atoms with Crippen LogP contribution in [0.25, 0.3) is 0 Å². The van der Waals surface area contributed by atoms with Crippen LogP contribution in [0.3, 0.4) is 0 Å². The van der Waals surface area contributed by atoms with E-state index in [0.29, 0.717) is 11.3 Å². The zero-order chi connectivity index (χ0) is 18.4. The highest BCUT2D eigenvalue weighted by Crippen LogP contribution is 2.33. The minimum Gasteiger partial charge on any atom is -0.493 e. The molecule has 0 aliphatic heterocycles. The number of benzene rings is 2. The normalized spacial score (nSPS) is 10.5. The van der Waals surface area contributed by atoms with Gasteiger partial charge < -0.3 is 9.47 Å². The number of hydrogen-bond donors (Lipinski definition) is 1. The Morgan fingerprint density at radius 1 is 1.20 bits per heavy atom. The fourth-order valence-electron chi connectivity index (χ4n) is 2.16. The van der Waals surface area contributed by atoms with Gasteiger partial charge in [-0.15, -0.1) is 0 Å². The van der Waals surface area contributed by atoms with Crippen LogP contribution in [0, 0.1) is 17.0 Å². The number of nitrogens with zero attached hydrogens (tertiary/aromatic N) is 2. The smallest absolute Gasteiger partial charge is 0.282 e. The quantitative estimate of drug-likeness (QED) is 0.493. The van der Waals surface area contributed by atoms with E-state index in [1.54, 1.807) is 18.2 Å². The average Bonchev–Trinajstić information content (AvgIpc) is 2.60. The molecular weight excluding hydrogens is 326 g/mol. The minimum absolute atomic E-state index is 0.173. The molecule has 2 aromatic carbocycles. The Labute approximate surface area is 144 Å². The van der Waals surface area contributed by atoms with Crippen LogP contribution in [-0.4, -0.2) is 31.3 Å². The number of nitrogens with one attached hydrogen (secondary N) is 1. The van der Waals surface area contributed by atoms with Crippen molar-refractivity contribution in [3.8, 4) is 11.5 Å². The number of aryl methyl sites for hydroxylation is 1. The van der Waals surface area contributed by atoms with Crippen molar-refractivity contribution in [2.75, 3.05) is 14.2 Å². The van der Waals surface area contributed by atoms with Gasteiger partial charge >= 0.3 is 0 Å². The van der Waals surface area contributed by atoms with Crippen LogP contribution in [0.2, 0.25) is 0 Å². The monoisotopic (exact) mass is 343 g/mol. The number of nitro benzene ring substituents is 1. The molecule has 0 aliphatic rings. The summed E-state index contributed by atoms with van der Waals surface area (Å²) in [4.78, 5) is 22.7. The number of carbonyl (C=O) groups is 1. The predicted octanol–water partition coefficient (Wildman–Crippen LogP) is 2.68. The highest BCUT2D eigenvalue weighted by Gasteiger charge is 2.18. The molecule has 0 heterocycles. The van der Waals surface area contributed by atoms with E-state index in [1.807, 2.05) is 13.0 Å². The van der Waals surface area contributed by atoms with E-state index in [1.165, 1.54) is 32.6 Å². The molecule has 1 amide bonds. The molecule has 0 radical (unpaired) electrons. The van der Waals surface area contributed by atoms with Gasteiger partial charge in [-0.2, -0.15) is 5.10 Å². The van der Waals surface area contributed by atoms with Crippen molar-refractivity contribution in [1.29, 1.82) is 0 Å². The molecule has 25 heavy (non-hydrogen) atoms. The SMILES string of the molecule is COc1cc(/C=N/NC(=O)c2cccc(C)c2)c([N+](=O)[O-])cc1OC. The van der Waals surface area contributed by atoms with Gasteiger partial charge in [-0.1, -0.05) is 17.7 Å². The number of nitro groups is 1. The number of hydrogen-bond acceptors (Lipinski definition) is 6. The van der Waals surface area contributed by atoms with Crippen LogP contribution >= 0.6 is 0 Å². The summed E-state index contributed by atoms with van der Waals surface area (Å²) in [6.45, 7) is 1.87. The van der Waals surface area contributed by atoms with E-state index in [-0.39, 0.29) is 17.0 Å². The lowest BCUT2D eigenvalue weighted by Gasteiger charge is -2.08. The molecule has 0 spiro atoms. The van der Waals surface area contributed by atoms with Gasteiger partial charge in [0.05, 0.1) is 37.0 Å². The molecule has 0 atom stereocenters. The lowest BCUT2D eigenvalue weighted by Crippen LogP contribution is -2.17. The second-order valence-electron chi connectivity index (χ2n) is 5.09. The molecule has 8 heteroatoms. The summed E-state index contributed by atoms with van der Waals surface area (Å²) in [6, 6.07) is 9.64. The molecule has 0 fully saturated rings. The molecule has 2 aromatic rings. The van der Waals surface area contributed by atoms with Crippen molar-refractivity contribution in [2.24, 2.45) is 5.10 Å². The standard InChI is InChI=1S/C17H17N3O5/c1-11-5-4-6-12(7-11)17(21)19-18-10-13-8-15(24-2)16(25-3)9-14(13)20(22)23/h4-10H,1-3H3,(H,19,21)/b18-10+. The van der Waals surface area contributed by atoms with E-state index < -0.39 is 10.8 Å². The summed E-state index contributed by atoms with van der Waals surface area (Å²) in [5.41, 5.74) is 3.68. The molecule has 0 saturated carbocycles. The topological polar surface area (TPSA) is 103 Å². The average molecular weight is 343 g/mol. The largest absolute Gasteiger partial charge is 0.493 e. The van der Waals surface area contributed by atoms with E-state index in [4.69, 9.17) is 9.47 Å². The first kappa shape index (κ1) is 17.9. The Hall–Kier alpha value is -3.42. The summed E-state index contributed by atoms with van der Waals surface area (Å²) >= 11 is 0. The van der Waals surface area contributed by atoms with Gasteiger partial charge in [0.25, 0.3) is 11.6 Å². The van der Waals surface area contributed by atoms with Crippen molar-refractivity contribution >= 4 is 17.8 Å². The van der Waals surface area contributed by atoms with E-state index >= 15 is 0 Å². The highest BCUT2D eigenvalue weighted by atomic mass is 16.6. The predicted molar refractivity (Wildman–Crippen MR) is 92.4 cm³/mol. The Morgan fingerprint density at radius 3 is 2.48 bits per heavy atom. The fourth-order valence-corrected chi connectivity index (χ4v) is 2.16. The fraction of sp³-hybridized carbons (Fsp3) is 0.176. The molecule has 0 saturated heterocycles. The maximum absolute atomic E-state index is 12.0. The van der Waals surface area contributed by atoms with Crippen LogP contribution in [-0.2, 0) is 0 Å². The molecule has 0 aliphatic carbocycles. The summed E-state index contributed by atoms with van der Waals surface area (Å²) in [7, 11) is 2.81. The van der Waals surface area contributed by atoms with Crippen molar-refractivity contribution < 1.29 is 19.2 Å². The molecule has 2 rings (SSSR count). The van der Waals surface area contributed by atoms with Crippen LogP contribution in [0.5, 0.6) is 11.5 Å². The van der Waals surface area contributed by atoms with Crippen molar-refractivity contribution in [3.63, 3.8) is 0 Å². The highest BCUT2D eigenvalue weighted by molar-refractivity contribution is 5.95. The maximum Gasteiger partial charge on any atom is 0.282 e. The van der Waals surface area contributed by atoms with Gasteiger partial charge in [-0.05, 0) is 25.1 Å². The number of amides is 1. The first-order valence-electron chi connectivity index (χ1n) is 7.26. The van der Waals surface area contributed by atoms with Gasteiger partial charge in [0, 0.05) is 5.56 Å². The van der Waals surface area contributed by atoms with Crippen LogP contribution in [0.1, 0.15) is 21.5 Å². The third-order valence-corrected chi connectivity index (χ3v) is 3.38. The van der Waals surface area contributed by atoms with Gasteiger partial charge in [0.2, 0.25) is 0 Å². The number of rotatable bonds is 6. The minimum atomic E-state index is -0.564. The third-order valence-electron chi connectivity index (χ3n) is 3.38. The Bertz CT molecular complexity index is 833. The van der Waals surface area contributed by atoms with Gasteiger partial charge in [0.1, 0.15) is 0 Å². The maximum atomic E-state index is 12.0. The first-order chi connectivity index (χ1) is 12.0. The molecule has 0 aromatic heterocycles. The molecule has 130 valence electrons. The summed E-state index contributed by atoms with van der Waals surface area (Å²) in [5, 5.41) is 15.0.